The summed E-state index contributed by atoms with van der Waals surface area (Å²) in [6.45, 7) is 3.98. The van der Waals surface area contributed by atoms with Crippen LogP contribution in [0, 0.1) is 0 Å². The second-order valence-electron chi connectivity index (χ2n) is 4.14. The van der Waals surface area contributed by atoms with Crippen LogP contribution in [0.2, 0.25) is 0 Å². The van der Waals surface area contributed by atoms with Gasteiger partial charge in [0.05, 0.1) is 11.3 Å². The lowest BCUT2D eigenvalue weighted by Crippen LogP contribution is -2.25. The minimum Gasteiger partial charge on any atom is -0.478 e. The normalized spacial score (nSPS) is 15.4. The van der Waals surface area contributed by atoms with Crippen LogP contribution in [0.3, 0.4) is 0 Å². The van der Waals surface area contributed by atoms with Crippen LogP contribution in [0.5, 0.6) is 0 Å². The highest BCUT2D eigenvalue weighted by Gasteiger charge is 2.27. The summed E-state index contributed by atoms with van der Waals surface area (Å²) in [5, 5.41) is 8.75. The summed E-state index contributed by atoms with van der Waals surface area (Å²) in [5.41, 5.74) is 1.19. The zero-order valence-corrected chi connectivity index (χ0v) is 9.39. The van der Waals surface area contributed by atoms with Gasteiger partial charge in [-0.25, -0.2) is 4.79 Å². The minimum atomic E-state index is -0.923. The van der Waals surface area contributed by atoms with E-state index in [1.165, 1.54) is 19.0 Å². The zero-order valence-electron chi connectivity index (χ0n) is 9.39. The minimum absolute atomic E-state index is 0.248. The SMILES string of the molecule is CCN(Cc1ccc(C(=O)O)cn1)C1CC1. The molecule has 4 nitrogen and oxygen atoms in total. The van der Waals surface area contributed by atoms with E-state index in [1.807, 2.05) is 0 Å². The molecule has 1 heterocycles. The van der Waals surface area contributed by atoms with Gasteiger partial charge in [0.15, 0.2) is 0 Å². The van der Waals surface area contributed by atoms with Crippen molar-refractivity contribution in [3.05, 3.63) is 29.6 Å². The molecule has 4 heteroatoms. The monoisotopic (exact) mass is 220 g/mol. The van der Waals surface area contributed by atoms with Crippen molar-refractivity contribution in [3.63, 3.8) is 0 Å². The van der Waals surface area contributed by atoms with Gasteiger partial charge in [-0.15, -0.1) is 0 Å². The molecule has 0 spiro atoms. The van der Waals surface area contributed by atoms with Crippen LogP contribution in [0.4, 0.5) is 0 Å². The molecule has 86 valence electrons. The van der Waals surface area contributed by atoms with Gasteiger partial charge in [0.25, 0.3) is 0 Å². The van der Waals surface area contributed by atoms with Gasteiger partial charge in [-0.05, 0) is 31.5 Å². The molecule has 0 saturated heterocycles. The van der Waals surface area contributed by atoms with Crippen molar-refractivity contribution in [2.75, 3.05) is 6.54 Å². The molecule has 1 aromatic rings. The first kappa shape index (κ1) is 11.1. The number of hydrogen-bond donors (Lipinski definition) is 1. The number of aromatic carboxylic acids is 1. The molecule has 1 saturated carbocycles. The molecule has 0 aliphatic heterocycles. The Morgan fingerprint density at radius 1 is 1.56 bits per heavy atom. The van der Waals surface area contributed by atoms with Crippen molar-refractivity contribution >= 4 is 5.97 Å². The fourth-order valence-electron chi connectivity index (χ4n) is 1.79. The van der Waals surface area contributed by atoms with Crippen LogP contribution in [-0.2, 0) is 6.54 Å². The first-order valence-electron chi connectivity index (χ1n) is 5.63. The van der Waals surface area contributed by atoms with E-state index in [9.17, 15) is 4.79 Å². The summed E-state index contributed by atoms with van der Waals surface area (Å²) in [7, 11) is 0. The van der Waals surface area contributed by atoms with Crippen molar-refractivity contribution in [2.45, 2.75) is 32.4 Å². The molecule has 1 fully saturated rings. The highest BCUT2D eigenvalue weighted by atomic mass is 16.4. The molecule has 0 radical (unpaired) electrons. The van der Waals surface area contributed by atoms with Gasteiger partial charge in [-0.2, -0.15) is 0 Å². The van der Waals surface area contributed by atoms with Gasteiger partial charge in [0, 0.05) is 18.8 Å². The van der Waals surface area contributed by atoms with Crippen LogP contribution in [-0.4, -0.2) is 33.5 Å². The molecule has 1 aliphatic carbocycles. The lowest BCUT2D eigenvalue weighted by atomic mass is 10.2. The van der Waals surface area contributed by atoms with E-state index in [4.69, 9.17) is 5.11 Å². The van der Waals surface area contributed by atoms with Crippen LogP contribution in [0.25, 0.3) is 0 Å². The third kappa shape index (κ3) is 2.58. The zero-order chi connectivity index (χ0) is 11.5. The van der Waals surface area contributed by atoms with Gasteiger partial charge >= 0.3 is 5.97 Å². The predicted molar refractivity (Wildman–Crippen MR) is 60.3 cm³/mol. The molecule has 2 rings (SSSR count). The maximum absolute atomic E-state index is 10.7. The summed E-state index contributed by atoms with van der Waals surface area (Å²) < 4.78 is 0. The number of pyridine rings is 1. The Morgan fingerprint density at radius 3 is 2.75 bits per heavy atom. The fraction of sp³-hybridized carbons (Fsp3) is 0.500. The Hall–Kier alpha value is -1.42. The summed E-state index contributed by atoms with van der Waals surface area (Å²) in [4.78, 5) is 17.2. The largest absolute Gasteiger partial charge is 0.478 e. The van der Waals surface area contributed by atoms with Crippen molar-refractivity contribution in [2.24, 2.45) is 0 Å². The van der Waals surface area contributed by atoms with Gasteiger partial charge in [-0.1, -0.05) is 6.92 Å². The molecular weight excluding hydrogens is 204 g/mol. The Morgan fingerprint density at radius 2 is 2.31 bits per heavy atom. The maximum Gasteiger partial charge on any atom is 0.337 e. The second-order valence-corrected chi connectivity index (χ2v) is 4.14. The van der Waals surface area contributed by atoms with Crippen molar-refractivity contribution in [1.29, 1.82) is 0 Å². The summed E-state index contributed by atoms with van der Waals surface area (Å²) in [5.74, 6) is -0.923. The average molecular weight is 220 g/mol. The number of rotatable bonds is 5. The van der Waals surface area contributed by atoms with Crippen molar-refractivity contribution in [3.8, 4) is 0 Å². The van der Waals surface area contributed by atoms with Crippen molar-refractivity contribution in [1.82, 2.24) is 9.88 Å². The van der Waals surface area contributed by atoms with E-state index < -0.39 is 5.97 Å². The highest BCUT2D eigenvalue weighted by Crippen LogP contribution is 2.27. The van der Waals surface area contributed by atoms with Gasteiger partial charge in [0.2, 0.25) is 0 Å². The van der Waals surface area contributed by atoms with E-state index >= 15 is 0 Å². The van der Waals surface area contributed by atoms with Gasteiger partial charge in [0.1, 0.15) is 0 Å². The molecule has 0 bridgehead atoms. The number of carbonyl (C=O) groups is 1. The van der Waals surface area contributed by atoms with Crippen LogP contribution in [0.1, 0.15) is 35.8 Å². The number of hydrogen-bond acceptors (Lipinski definition) is 3. The Balaban J connectivity index is 2.01. The van der Waals surface area contributed by atoms with Crippen LogP contribution >= 0.6 is 0 Å². The molecule has 0 aromatic carbocycles. The van der Waals surface area contributed by atoms with E-state index in [2.05, 4.69) is 16.8 Å². The molecule has 0 amide bonds. The molecule has 0 atom stereocenters. The summed E-state index contributed by atoms with van der Waals surface area (Å²) in [6, 6.07) is 4.13. The van der Waals surface area contributed by atoms with Gasteiger partial charge < -0.3 is 5.11 Å². The number of nitrogens with zero attached hydrogens (tertiary/aromatic N) is 2. The lowest BCUT2D eigenvalue weighted by molar-refractivity contribution is 0.0696. The lowest BCUT2D eigenvalue weighted by Gasteiger charge is -2.18. The van der Waals surface area contributed by atoms with E-state index in [-0.39, 0.29) is 5.56 Å². The standard InChI is InChI=1S/C12H16N2O2/c1-2-14(11-5-6-11)8-10-4-3-9(7-13-10)12(15)16/h3-4,7,11H,2,5-6,8H2,1H3,(H,15,16). The molecule has 16 heavy (non-hydrogen) atoms. The van der Waals surface area contributed by atoms with E-state index in [0.29, 0.717) is 6.04 Å². The number of aromatic nitrogens is 1. The van der Waals surface area contributed by atoms with Gasteiger partial charge in [-0.3, -0.25) is 9.88 Å². The Labute approximate surface area is 94.9 Å². The first-order valence-corrected chi connectivity index (χ1v) is 5.63. The second kappa shape index (κ2) is 4.61. The number of carboxylic acid groups (broad SMARTS) is 1. The molecule has 0 unspecified atom stereocenters. The van der Waals surface area contributed by atoms with Crippen LogP contribution < -0.4 is 0 Å². The molecular formula is C12H16N2O2. The molecule has 1 aromatic heterocycles. The van der Waals surface area contributed by atoms with E-state index in [1.54, 1.807) is 12.1 Å². The van der Waals surface area contributed by atoms with E-state index in [0.717, 1.165) is 18.8 Å². The molecule has 1 aliphatic rings. The Bertz CT molecular complexity index is 371. The smallest absolute Gasteiger partial charge is 0.337 e. The third-order valence-corrected chi connectivity index (χ3v) is 2.91. The summed E-state index contributed by atoms with van der Waals surface area (Å²) in [6.07, 6.45) is 3.99. The maximum atomic E-state index is 10.7. The van der Waals surface area contributed by atoms with Crippen molar-refractivity contribution < 1.29 is 9.90 Å². The topological polar surface area (TPSA) is 53.4 Å². The number of carboxylic acids is 1. The highest BCUT2D eigenvalue weighted by molar-refractivity contribution is 5.87. The quantitative estimate of drug-likeness (QED) is 0.821. The third-order valence-electron chi connectivity index (χ3n) is 2.91. The first-order chi connectivity index (χ1) is 7.70. The van der Waals surface area contributed by atoms with Crippen LogP contribution in [0.15, 0.2) is 18.3 Å². The molecule has 1 N–H and O–H groups in total. The average Bonchev–Trinajstić information content (AvgIpc) is 3.10. The fourth-order valence-corrected chi connectivity index (χ4v) is 1.79. The summed E-state index contributed by atoms with van der Waals surface area (Å²) >= 11 is 0. The predicted octanol–water partition coefficient (Wildman–Crippen LogP) is 1.76. The Kier molecular flexibility index (Phi) is 3.19.